The minimum absolute atomic E-state index is 0. The van der Waals surface area contributed by atoms with Gasteiger partial charge in [-0.2, -0.15) is 0 Å². The summed E-state index contributed by atoms with van der Waals surface area (Å²) in [5.41, 5.74) is 13.8. The van der Waals surface area contributed by atoms with Crippen LogP contribution in [-0.2, 0) is 19.3 Å². The van der Waals surface area contributed by atoms with Gasteiger partial charge < -0.3 is 16.0 Å². The van der Waals surface area contributed by atoms with Gasteiger partial charge in [-0.15, -0.1) is 24.0 Å². The van der Waals surface area contributed by atoms with Gasteiger partial charge in [0.1, 0.15) is 0 Å². The SMILES string of the molecule is Cc1cccc2c(CCN=C(N)Nc3ccc4c(c3)CCC4)c[nH]c12.I. The highest BCUT2D eigenvalue weighted by Crippen LogP contribution is 2.25. The molecule has 1 aliphatic carbocycles. The molecule has 4 rings (SSSR count). The monoisotopic (exact) mass is 460 g/mol. The number of nitrogens with zero attached hydrogens (tertiary/aromatic N) is 1. The topological polar surface area (TPSA) is 66.2 Å². The predicted octanol–water partition coefficient (Wildman–Crippen LogP) is 4.55. The number of halogens is 1. The number of nitrogens with one attached hydrogen (secondary N) is 2. The van der Waals surface area contributed by atoms with Gasteiger partial charge in [-0.25, -0.2) is 0 Å². The maximum atomic E-state index is 6.06. The highest BCUT2D eigenvalue weighted by molar-refractivity contribution is 14.0. The average Bonchev–Trinajstić information content (AvgIpc) is 3.22. The Bertz CT molecular complexity index is 942. The fraction of sp³-hybridized carbons (Fsp3) is 0.286. The molecule has 4 N–H and O–H groups in total. The summed E-state index contributed by atoms with van der Waals surface area (Å²) in [6.07, 6.45) is 6.57. The minimum Gasteiger partial charge on any atom is -0.370 e. The molecular formula is C21H25IN4. The Balaban J connectivity index is 0.00000196. The number of guanidine groups is 1. The van der Waals surface area contributed by atoms with Crippen molar-refractivity contribution in [2.45, 2.75) is 32.6 Å². The Morgan fingerprint density at radius 1 is 1.19 bits per heavy atom. The summed E-state index contributed by atoms with van der Waals surface area (Å²) >= 11 is 0. The predicted molar refractivity (Wildman–Crippen MR) is 121 cm³/mol. The van der Waals surface area contributed by atoms with E-state index in [2.05, 4.69) is 64.8 Å². The zero-order valence-electron chi connectivity index (χ0n) is 15.0. The lowest BCUT2D eigenvalue weighted by Gasteiger charge is -2.08. The van der Waals surface area contributed by atoms with Gasteiger partial charge in [0, 0.05) is 29.3 Å². The molecule has 1 aromatic heterocycles. The van der Waals surface area contributed by atoms with Gasteiger partial charge in [0.05, 0.1) is 0 Å². The molecule has 1 aliphatic rings. The van der Waals surface area contributed by atoms with E-state index in [4.69, 9.17) is 5.73 Å². The quantitative estimate of drug-likeness (QED) is 0.304. The van der Waals surface area contributed by atoms with Crippen molar-refractivity contribution < 1.29 is 0 Å². The van der Waals surface area contributed by atoms with E-state index < -0.39 is 0 Å². The molecule has 1 heterocycles. The van der Waals surface area contributed by atoms with E-state index in [1.54, 1.807) is 0 Å². The number of fused-ring (bicyclic) bond motifs is 2. The fourth-order valence-corrected chi connectivity index (χ4v) is 3.70. The third kappa shape index (κ3) is 3.87. The lowest BCUT2D eigenvalue weighted by Crippen LogP contribution is -2.23. The van der Waals surface area contributed by atoms with E-state index in [-0.39, 0.29) is 24.0 Å². The summed E-state index contributed by atoms with van der Waals surface area (Å²) in [5, 5.41) is 4.50. The zero-order chi connectivity index (χ0) is 17.2. The first-order valence-corrected chi connectivity index (χ1v) is 8.95. The molecule has 26 heavy (non-hydrogen) atoms. The number of benzene rings is 2. The molecule has 0 atom stereocenters. The molecule has 0 spiro atoms. The third-order valence-electron chi connectivity index (χ3n) is 5.04. The third-order valence-corrected chi connectivity index (χ3v) is 5.04. The van der Waals surface area contributed by atoms with E-state index >= 15 is 0 Å². The first-order chi connectivity index (χ1) is 12.2. The number of aliphatic imine (C=N–C) groups is 1. The van der Waals surface area contributed by atoms with Gasteiger partial charge >= 0.3 is 0 Å². The molecule has 0 fully saturated rings. The molecule has 2 aromatic carbocycles. The summed E-state index contributed by atoms with van der Waals surface area (Å²) in [4.78, 5) is 7.85. The number of anilines is 1. The number of aryl methyl sites for hydroxylation is 3. The first-order valence-electron chi connectivity index (χ1n) is 8.95. The van der Waals surface area contributed by atoms with Crippen LogP contribution in [0.25, 0.3) is 10.9 Å². The van der Waals surface area contributed by atoms with E-state index in [0.29, 0.717) is 12.5 Å². The van der Waals surface area contributed by atoms with E-state index in [0.717, 1.165) is 12.1 Å². The molecule has 0 amide bonds. The number of H-pyrrole nitrogens is 1. The second kappa shape index (κ2) is 8.12. The molecule has 0 radical (unpaired) electrons. The lowest BCUT2D eigenvalue weighted by atomic mass is 10.1. The number of rotatable bonds is 4. The van der Waals surface area contributed by atoms with E-state index in [1.165, 1.54) is 52.4 Å². The molecule has 4 nitrogen and oxygen atoms in total. The van der Waals surface area contributed by atoms with Crippen molar-refractivity contribution in [3.63, 3.8) is 0 Å². The molecule has 0 saturated heterocycles. The Morgan fingerprint density at radius 2 is 2.04 bits per heavy atom. The molecule has 5 heteroatoms. The van der Waals surface area contributed by atoms with Crippen LogP contribution in [0, 0.1) is 6.92 Å². The summed E-state index contributed by atoms with van der Waals surface area (Å²) in [7, 11) is 0. The smallest absolute Gasteiger partial charge is 0.193 e. The van der Waals surface area contributed by atoms with Crippen LogP contribution in [0.2, 0.25) is 0 Å². The van der Waals surface area contributed by atoms with Gasteiger partial charge in [-0.1, -0.05) is 24.3 Å². The van der Waals surface area contributed by atoms with Crippen LogP contribution in [0.3, 0.4) is 0 Å². The molecule has 0 aliphatic heterocycles. The fourth-order valence-electron chi connectivity index (χ4n) is 3.70. The Labute approximate surface area is 171 Å². The van der Waals surface area contributed by atoms with Crippen LogP contribution in [0.4, 0.5) is 5.69 Å². The van der Waals surface area contributed by atoms with Crippen molar-refractivity contribution in [2.75, 3.05) is 11.9 Å². The highest BCUT2D eigenvalue weighted by Gasteiger charge is 2.11. The number of hydrogen-bond acceptors (Lipinski definition) is 1. The Hall–Kier alpha value is -2.02. The minimum atomic E-state index is 0. The average molecular weight is 460 g/mol. The standard InChI is InChI=1S/C21H24N4.HI/c1-14-4-2-7-19-17(13-24-20(14)19)10-11-23-21(22)25-18-9-8-15-5-3-6-16(15)12-18;/h2,4,7-9,12-13,24H,3,5-6,10-11H2,1H3,(H3,22,23,25);1H. The van der Waals surface area contributed by atoms with Gasteiger partial charge in [-0.05, 0) is 67.0 Å². The van der Waals surface area contributed by atoms with Crippen molar-refractivity contribution in [3.8, 4) is 0 Å². The van der Waals surface area contributed by atoms with Gasteiger partial charge in [0.15, 0.2) is 5.96 Å². The van der Waals surface area contributed by atoms with Crippen LogP contribution < -0.4 is 11.1 Å². The van der Waals surface area contributed by atoms with E-state index in [9.17, 15) is 0 Å². The van der Waals surface area contributed by atoms with Crippen molar-refractivity contribution in [2.24, 2.45) is 10.7 Å². The highest BCUT2D eigenvalue weighted by atomic mass is 127. The number of hydrogen-bond donors (Lipinski definition) is 3. The maximum absolute atomic E-state index is 6.06. The van der Waals surface area contributed by atoms with Crippen molar-refractivity contribution in [1.82, 2.24) is 4.98 Å². The van der Waals surface area contributed by atoms with Crippen molar-refractivity contribution in [1.29, 1.82) is 0 Å². The number of para-hydroxylation sites is 1. The van der Waals surface area contributed by atoms with Gasteiger partial charge in [0.25, 0.3) is 0 Å². The van der Waals surface area contributed by atoms with Crippen LogP contribution in [-0.4, -0.2) is 17.5 Å². The summed E-state index contributed by atoms with van der Waals surface area (Å²) in [6, 6.07) is 12.9. The number of aromatic amines is 1. The van der Waals surface area contributed by atoms with E-state index in [1.807, 2.05) is 0 Å². The lowest BCUT2D eigenvalue weighted by molar-refractivity contribution is 0.912. The molecule has 136 valence electrons. The van der Waals surface area contributed by atoms with Crippen LogP contribution in [0.5, 0.6) is 0 Å². The maximum Gasteiger partial charge on any atom is 0.193 e. The largest absolute Gasteiger partial charge is 0.370 e. The molecule has 3 aromatic rings. The van der Waals surface area contributed by atoms with Gasteiger partial charge in [-0.3, -0.25) is 4.99 Å². The molecule has 0 unspecified atom stereocenters. The Morgan fingerprint density at radius 3 is 2.92 bits per heavy atom. The second-order valence-electron chi connectivity index (χ2n) is 6.79. The second-order valence-corrected chi connectivity index (χ2v) is 6.79. The molecule has 0 bridgehead atoms. The van der Waals surface area contributed by atoms with Crippen LogP contribution in [0.15, 0.2) is 47.6 Å². The molecular weight excluding hydrogens is 435 g/mol. The zero-order valence-corrected chi connectivity index (χ0v) is 17.3. The van der Waals surface area contributed by atoms with Crippen LogP contribution in [0.1, 0.15) is 28.7 Å². The number of nitrogens with two attached hydrogens (primary N) is 1. The normalized spacial score (nSPS) is 13.5. The summed E-state index contributed by atoms with van der Waals surface area (Å²) in [5.74, 6) is 0.481. The van der Waals surface area contributed by atoms with Gasteiger partial charge in [0.2, 0.25) is 0 Å². The number of aromatic nitrogens is 1. The van der Waals surface area contributed by atoms with Crippen molar-refractivity contribution >= 4 is 46.5 Å². The first kappa shape index (κ1) is 18.8. The Kier molecular flexibility index (Phi) is 5.86. The molecule has 0 saturated carbocycles. The van der Waals surface area contributed by atoms with Crippen LogP contribution >= 0.6 is 24.0 Å². The summed E-state index contributed by atoms with van der Waals surface area (Å²) in [6.45, 7) is 2.80. The summed E-state index contributed by atoms with van der Waals surface area (Å²) < 4.78 is 0. The van der Waals surface area contributed by atoms with Crippen molar-refractivity contribution in [3.05, 3.63) is 64.8 Å².